The molecule has 0 atom stereocenters. The van der Waals surface area contributed by atoms with Crippen molar-refractivity contribution in [3.8, 4) is 11.5 Å². The van der Waals surface area contributed by atoms with Crippen LogP contribution in [0.3, 0.4) is 0 Å². The van der Waals surface area contributed by atoms with Gasteiger partial charge in [-0.25, -0.2) is 17.5 Å². The van der Waals surface area contributed by atoms with E-state index in [1.54, 1.807) is 4.72 Å². The zero-order chi connectivity index (χ0) is 24.6. The molecule has 2 aromatic rings. The normalized spacial score (nSPS) is 14.6. The molecule has 1 heterocycles. The molecule has 0 bridgehead atoms. The Morgan fingerprint density at radius 3 is 2.36 bits per heavy atom. The van der Waals surface area contributed by atoms with Gasteiger partial charge in [0, 0.05) is 11.8 Å². The highest BCUT2D eigenvalue weighted by molar-refractivity contribution is 7.89. The summed E-state index contributed by atoms with van der Waals surface area (Å²) in [5.74, 6) is -2.33. The fourth-order valence-electron chi connectivity index (χ4n) is 2.88. The Labute approximate surface area is 196 Å². The van der Waals surface area contributed by atoms with E-state index in [0.29, 0.717) is 18.8 Å². The topological polar surface area (TPSA) is 84.9 Å². The third kappa shape index (κ3) is 6.78. The van der Waals surface area contributed by atoms with E-state index in [-0.39, 0.29) is 21.5 Å². The summed E-state index contributed by atoms with van der Waals surface area (Å²) in [5.41, 5.74) is 0.0553. The summed E-state index contributed by atoms with van der Waals surface area (Å²) in [5, 5.41) is -0.0862. The van der Waals surface area contributed by atoms with Crippen molar-refractivity contribution >= 4 is 44.8 Å². The number of nitrogens with one attached hydrogen (secondary N) is 1. The molecule has 14 heteroatoms. The summed E-state index contributed by atoms with van der Waals surface area (Å²) in [6, 6.07) is 6.15. The molecule has 1 aliphatic rings. The molecule has 0 aliphatic carbocycles. The van der Waals surface area contributed by atoms with Gasteiger partial charge in [0.05, 0.1) is 35.0 Å². The maximum atomic E-state index is 14.3. The fraction of sp³-hybridized carbons (Fsp3) is 0.316. The molecule has 2 aromatic carbocycles. The number of carbonyl (C=O) groups excluding carboxylic acids is 1. The van der Waals surface area contributed by atoms with Gasteiger partial charge in [-0.15, -0.1) is 0 Å². The monoisotopic (exact) mass is 530 g/mol. The van der Waals surface area contributed by atoms with Crippen molar-refractivity contribution in [1.82, 2.24) is 4.72 Å². The van der Waals surface area contributed by atoms with Crippen molar-refractivity contribution < 1.29 is 40.2 Å². The minimum absolute atomic E-state index is 0.00851. The first-order valence-electron chi connectivity index (χ1n) is 9.14. The summed E-state index contributed by atoms with van der Waals surface area (Å²) in [6.07, 6.45) is -4.14. The van der Waals surface area contributed by atoms with Crippen LogP contribution in [-0.4, -0.2) is 52.6 Å². The van der Waals surface area contributed by atoms with Crippen molar-refractivity contribution in [1.29, 1.82) is 0 Å². The Hall–Kier alpha value is -2.44. The zero-order valence-corrected chi connectivity index (χ0v) is 19.1. The van der Waals surface area contributed by atoms with Gasteiger partial charge >= 0.3 is 6.18 Å². The van der Waals surface area contributed by atoms with Gasteiger partial charge in [0.25, 0.3) is 5.91 Å². The van der Waals surface area contributed by atoms with E-state index in [0.717, 1.165) is 18.4 Å². The van der Waals surface area contributed by atoms with Gasteiger partial charge in [-0.2, -0.15) is 13.2 Å². The van der Waals surface area contributed by atoms with Crippen molar-refractivity contribution in [2.24, 2.45) is 0 Å². The zero-order valence-electron chi connectivity index (χ0n) is 16.7. The summed E-state index contributed by atoms with van der Waals surface area (Å²) >= 11 is 12.0. The first kappa shape index (κ1) is 25.2. The second kappa shape index (κ2) is 9.43. The number of hydrogen-bond acceptors (Lipinski definition) is 6. The number of nitrogens with zero attached hydrogens (tertiary/aromatic N) is 1. The number of rotatable bonds is 7. The lowest BCUT2D eigenvalue weighted by molar-refractivity contribution is -0.153. The van der Waals surface area contributed by atoms with Crippen LogP contribution in [0.4, 0.5) is 23.2 Å². The molecular weight excluding hydrogens is 515 g/mol. The highest BCUT2D eigenvalue weighted by atomic mass is 35.5. The average molecular weight is 531 g/mol. The number of halogens is 6. The molecule has 1 aliphatic heterocycles. The van der Waals surface area contributed by atoms with Crippen LogP contribution in [0, 0.1) is 5.82 Å². The Morgan fingerprint density at radius 2 is 1.79 bits per heavy atom. The summed E-state index contributed by atoms with van der Waals surface area (Å²) in [7, 11) is -3.89. The maximum Gasteiger partial charge on any atom is 0.422 e. The largest absolute Gasteiger partial charge is 0.485 e. The highest BCUT2D eigenvalue weighted by Gasteiger charge is 2.31. The molecule has 0 aromatic heterocycles. The number of ether oxygens (including phenoxy) is 2. The molecule has 0 spiro atoms. The molecule has 1 saturated heterocycles. The molecule has 0 radical (unpaired) electrons. The van der Waals surface area contributed by atoms with Crippen molar-refractivity contribution in [2.75, 3.05) is 30.9 Å². The number of hydrogen-bond donors (Lipinski definition) is 1. The Balaban J connectivity index is 1.60. The number of benzene rings is 2. The molecule has 180 valence electrons. The lowest BCUT2D eigenvalue weighted by Gasteiger charge is -2.41. The van der Waals surface area contributed by atoms with E-state index in [9.17, 15) is 30.8 Å². The molecule has 0 unspecified atom stereocenters. The molecular formula is C19H16Cl2F4N2O5S. The molecule has 1 amide bonds. The van der Waals surface area contributed by atoms with Crippen LogP contribution in [0.15, 0.2) is 30.3 Å². The van der Waals surface area contributed by atoms with Gasteiger partial charge < -0.3 is 14.4 Å². The smallest absolute Gasteiger partial charge is 0.422 e. The molecule has 1 fully saturated rings. The molecule has 0 saturated carbocycles. The summed E-state index contributed by atoms with van der Waals surface area (Å²) < 4.78 is 85.4. The molecule has 3 rings (SSSR count). The number of anilines is 1. The predicted molar refractivity (Wildman–Crippen MR) is 113 cm³/mol. The van der Waals surface area contributed by atoms with Crippen LogP contribution in [-0.2, 0) is 10.0 Å². The summed E-state index contributed by atoms with van der Waals surface area (Å²) in [6.45, 7) is -0.779. The van der Waals surface area contributed by atoms with E-state index in [1.807, 2.05) is 4.90 Å². The van der Waals surface area contributed by atoms with E-state index >= 15 is 0 Å². The highest BCUT2D eigenvalue weighted by Crippen LogP contribution is 2.34. The van der Waals surface area contributed by atoms with Gasteiger partial charge in [-0.3, -0.25) is 4.79 Å². The Kier molecular flexibility index (Phi) is 7.20. The van der Waals surface area contributed by atoms with Crippen molar-refractivity contribution in [3.05, 3.63) is 51.8 Å². The minimum atomic E-state index is -4.49. The average Bonchev–Trinajstić information content (AvgIpc) is 2.63. The standard InChI is InChI=1S/C19H16Cl2F4N2O5S/c1-33(29,30)26-18(28)12-5-14(21)17(6-15(12)22)32-11-7-27(8-11)10-2-3-16(13(20)4-10)31-9-19(23,24)25/h2-6,11H,7-9H2,1H3,(H,26,28). The maximum absolute atomic E-state index is 14.3. The van der Waals surface area contributed by atoms with E-state index in [4.69, 9.17) is 27.9 Å². The van der Waals surface area contributed by atoms with Gasteiger partial charge in [0.1, 0.15) is 23.4 Å². The summed E-state index contributed by atoms with van der Waals surface area (Å²) in [4.78, 5) is 13.7. The lowest BCUT2D eigenvalue weighted by Crippen LogP contribution is -2.54. The van der Waals surface area contributed by atoms with E-state index in [2.05, 4.69) is 4.74 Å². The SMILES string of the molecule is CS(=O)(=O)NC(=O)c1cc(Cl)c(OC2CN(c3ccc(OCC(F)(F)F)c(Cl)c3)C2)cc1F. The number of carbonyl (C=O) groups is 1. The first-order valence-corrected chi connectivity index (χ1v) is 11.8. The fourth-order valence-corrected chi connectivity index (χ4v) is 3.77. The van der Waals surface area contributed by atoms with E-state index in [1.165, 1.54) is 18.2 Å². The Bertz CT molecular complexity index is 1170. The van der Waals surface area contributed by atoms with Gasteiger partial charge in [0.2, 0.25) is 10.0 Å². The van der Waals surface area contributed by atoms with Crippen LogP contribution in [0.2, 0.25) is 10.0 Å². The van der Waals surface area contributed by atoms with Crippen LogP contribution >= 0.6 is 23.2 Å². The van der Waals surface area contributed by atoms with Crippen molar-refractivity contribution in [2.45, 2.75) is 12.3 Å². The van der Waals surface area contributed by atoms with Gasteiger partial charge in [-0.05, 0) is 24.3 Å². The molecule has 33 heavy (non-hydrogen) atoms. The third-order valence-electron chi connectivity index (χ3n) is 4.36. The molecule has 7 nitrogen and oxygen atoms in total. The number of alkyl halides is 3. The van der Waals surface area contributed by atoms with Crippen LogP contribution in [0.1, 0.15) is 10.4 Å². The lowest BCUT2D eigenvalue weighted by atomic mass is 10.1. The van der Waals surface area contributed by atoms with Crippen molar-refractivity contribution in [3.63, 3.8) is 0 Å². The van der Waals surface area contributed by atoms with Gasteiger partial charge in [0.15, 0.2) is 6.61 Å². The minimum Gasteiger partial charge on any atom is -0.485 e. The van der Waals surface area contributed by atoms with Crippen LogP contribution < -0.4 is 19.1 Å². The second-order valence-corrected chi connectivity index (χ2v) is 9.69. The molecule has 1 N–H and O–H groups in total. The third-order valence-corrected chi connectivity index (χ3v) is 5.50. The Morgan fingerprint density at radius 1 is 1.15 bits per heavy atom. The number of sulfonamides is 1. The van der Waals surface area contributed by atoms with Gasteiger partial charge in [-0.1, -0.05) is 23.2 Å². The second-order valence-electron chi connectivity index (χ2n) is 7.13. The van der Waals surface area contributed by atoms with Crippen LogP contribution in [0.25, 0.3) is 0 Å². The predicted octanol–water partition coefficient (Wildman–Crippen LogP) is 4.03. The first-order chi connectivity index (χ1) is 15.2. The van der Waals surface area contributed by atoms with E-state index < -0.39 is 46.2 Å². The van der Waals surface area contributed by atoms with Crippen LogP contribution in [0.5, 0.6) is 11.5 Å². The quantitative estimate of drug-likeness (QED) is 0.544. The number of amides is 1.